The third-order valence-corrected chi connectivity index (χ3v) is 2.67. The summed E-state index contributed by atoms with van der Waals surface area (Å²) >= 11 is 3.31. The highest BCUT2D eigenvalue weighted by Crippen LogP contribution is 2.30. The lowest BCUT2D eigenvalue weighted by atomic mass is 10.3. The molecule has 0 unspecified atom stereocenters. The molecule has 2 N–H and O–H groups in total. The van der Waals surface area contributed by atoms with E-state index in [1.807, 2.05) is 13.0 Å². The van der Waals surface area contributed by atoms with Gasteiger partial charge in [-0.2, -0.15) is 0 Å². The maximum absolute atomic E-state index is 13.5. The summed E-state index contributed by atoms with van der Waals surface area (Å²) in [5.41, 5.74) is 6.79. The first-order chi connectivity index (χ1) is 8.06. The smallest absolute Gasteiger partial charge is 0.233 e. The number of ether oxygens (including phenoxy) is 1. The van der Waals surface area contributed by atoms with Gasteiger partial charge in [-0.25, -0.2) is 9.37 Å². The fourth-order valence-corrected chi connectivity index (χ4v) is 1.84. The number of benzene rings is 1. The summed E-state index contributed by atoms with van der Waals surface area (Å²) in [4.78, 5) is 4.07. The van der Waals surface area contributed by atoms with Crippen LogP contribution in [-0.2, 0) is 0 Å². The number of nitrogens with zero attached hydrogens (tertiary/aromatic N) is 1. The highest BCUT2D eigenvalue weighted by atomic mass is 79.9. The van der Waals surface area contributed by atoms with Crippen molar-refractivity contribution in [1.29, 1.82) is 0 Å². The summed E-state index contributed by atoms with van der Waals surface area (Å²) in [6.07, 6.45) is 1.65. The fourth-order valence-electron chi connectivity index (χ4n) is 1.30. The van der Waals surface area contributed by atoms with Crippen LogP contribution in [0.4, 0.5) is 10.1 Å². The number of hydrogen-bond acceptors (Lipinski definition) is 3. The number of anilines is 1. The van der Waals surface area contributed by atoms with Crippen molar-refractivity contribution in [2.75, 3.05) is 5.73 Å². The first kappa shape index (κ1) is 11.9. The zero-order valence-electron chi connectivity index (χ0n) is 9.08. The zero-order valence-corrected chi connectivity index (χ0v) is 10.7. The van der Waals surface area contributed by atoms with Crippen molar-refractivity contribution in [2.45, 2.75) is 6.92 Å². The maximum atomic E-state index is 13.5. The van der Waals surface area contributed by atoms with Crippen molar-refractivity contribution in [3.63, 3.8) is 0 Å². The second-order valence-electron chi connectivity index (χ2n) is 3.59. The van der Waals surface area contributed by atoms with E-state index in [0.717, 1.165) is 5.56 Å². The molecule has 88 valence electrons. The molecule has 2 aromatic rings. The lowest BCUT2D eigenvalue weighted by Crippen LogP contribution is -1.94. The summed E-state index contributed by atoms with van der Waals surface area (Å²) in [7, 11) is 0. The molecule has 3 nitrogen and oxygen atoms in total. The lowest BCUT2D eigenvalue weighted by molar-refractivity contribution is 0.425. The van der Waals surface area contributed by atoms with Crippen molar-refractivity contribution in [2.24, 2.45) is 0 Å². The summed E-state index contributed by atoms with van der Waals surface area (Å²) in [6.45, 7) is 1.91. The van der Waals surface area contributed by atoms with Crippen LogP contribution in [0.2, 0.25) is 0 Å². The molecule has 0 fully saturated rings. The maximum Gasteiger partial charge on any atom is 0.233 e. The topological polar surface area (TPSA) is 48.1 Å². The molecule has 0 atom stereocenters. The van der Waals surface area contributed by atoms with Gasteiger partial charge in [-0.05, 0) is 46.6 Å². The van der Waals surface area contributed by atoms with Crippen molar-refractivity contribution >= 4 is 21.6 Å². The van der Waals surface area contributed by atoms with Crippen LogP contribution in [0, 0.1) is 12.7 Å². The van der Waals surface area contributed by atoms with Gasteiger partial charge in [-0.1, -0.05) is 0 Å². The average Bonchev–Trinajstić information content (AvgIpc) is 2.25. The van der Waals surface area contributed by atoms with Crippen LogP contribution in [0.3, 0.4) is 0 Å². The van der Waals surface area contributed by atoms with E-state index in [4.69, 9.17) is 10.5 Å². The SMILES string of the molecule is Cc1cnc(Oc2ccc(N)cc2F)c(Br)c1. The summed E-state index contributed by atoms with van der Waals surface area (Å²) < 4.78 is 19.5. The number of nitrogens with two attached hydrogens (primary N) is 1. The summed E-state index contributed by atoms with van der Waals surface area (Å²) in [6, 6.07) is 6.09. The molecule has 0 aliphatic heterocycles. The van der Waals surface area contributed by atoms with Crippen molar-refractivity contribution in [3.05, 3.63) is 46.3 Å². The van der Waals surface area contributed by atoms with Crippen LogP contribution in [-0.4, -0.2) is 4.98 Å². The number of aryl methyl sites for hydroxylation is 1. The minimum atomic E-state index is -0.515. The second-order valence-corrected chi connectivity index (χ2v) is 4.45. The Kier molecular flexibility index (Phi) is 3.28. The lowest BCUT2D eigenvalue weighted by Gasteiger charge is -2.08. The van der Waals surface area contributed by atoms with Gasteiger partial charge in [0.25, 0.3) is 0 Å². The fraction of sp³-hybridized carbons (Fsp3) is 0.0833. The Morgan fingerprint density at radius 2 is 2.12 bits per heavy atom. The predicted molar refractivity (Wildman–Crippen MR) is 67.6 cm³/mol. The molecule has 0 saturated carbocycles. The highest BCUT2D eigenvalue weighted by Gasteiger charge is 2.09. The van der Waals surface area contributed by atoms with Crippen LogP contribution in [0.15, 0.2) is 34.9 Å². The summed E-state index contributed by atoms with van der Waals surface area (Å²) in [5.74, 6) is -0.102. The van der Waals surface area contributed by atoms with Crippen LogP contribution in [0.1, 0.15) is 5.56 Å². The standard InChI is InChI=1S/C12H10BrFN2O/c1-7-4-9(13)12(16-6-7)17-11-3-2-8(15)5-10(11)14/h2-6H,15H2,1H3. The third-order valence-electron chi connectivity index (χ3n) is 2.11. The van der Waals surface area contributed by atoms with E-state index < -0.39 is 5.82 Å². The molecule has 0 bridgehead atoms. The Morgan fingerprint density at radius 1 is 1.35 bits per heavy atom. The molecule has 1 aromatic carbocycles. The van der Waals surface area contributed by atoms with Crippen LogP contribution in [0.25, 0.3) is 0 Å². The number of halogens is 2. The van der Waals surface area contributed by atoms with Crippen molar-refractivity contribution in [1.82, 2.24) is 4.98 Å². The van der Waals surface area contributed by atoms with Crippen LogP contribution in [0.5, 0.6) is 11.6 Å². The van der Waals surface area contributed by atoms with Gasteiger partial charge in [0, 0.05) is 18.0 Å². The average molecular weight is 297 g/mol. The predicted octanol–water partition coefficient (Wildman–Crippen LogP) is 3.67. The zero-order chi connectivity index (χ0) is 12.4. The van der Waals surface area contributed by atoms with E-state index in [2.05, 4.69) is 20.9 Å². The number of hydrogen-bond donors (Lipinski definition) is 1. The van der Waals surface area contributed by atoms with Gasteiger partial charge in [0.05, 0.1) is 4.47 Å². The molecule has 0 spiro atoms. The van der Waals surface area contributed by atoms with Crippen LogP contribution < -0.4 is 10.5 Å². The molecule has 17 heavy (non-hydrogen) atoms. The number of rotatable bonds is 2. The molecule has 1 aromatic heterocycles. The third kappa shape index (κ3) is 2.74. The summed E-state index contributed by atoms with van der Waals surface area (Å²) in [5, 5.41) is 0. The number of aromatic nitrogens is 1. The monoisotopic (exact) mass is 296 g/mol. The Balaban J connectivity index is 2.31. The first-order valence-electron chi connectivity index (χ1n) is 4.91. The molecule has 0 saturated heterocycles. The normalized spacial score (nSPS) is 10.3. The van der Waals surface area contributed by atoms with E-state index in [9.17, 15) is 4.39 Å². The Hall–Kier alpha value is -1.62. The number of nitrogen functional groups attached to an aromatic ring is 1. The molecule has 0 radical (unpaired) electrons. The van der Waals surface area contributed by atoms with Gasteiger partial charge in [0.1, 0.15) is 0 Å². The molecular formula is C12H10BrFN2O. The van der Waals surface area contributed by atoms with Crippen molar-refractivity contribution in [3.8, 4) is 11.6 Å². The van der Waals surface area contributed by atoms with Gasteiger partial charge in [-0.3, -0.25) is 0 Å². The van der Waals surface area contributed by atoms with Gasteiger partial charge < -0.3 is 10.5 Å². The Bertz CT molecular complexity index is 511. The van der Waals surface area contributed by atoms with Crippen molar-refractivity contribution < 1.29 is 9.13 Å². The minimum Gasteiger partial charge on any atom is -0.435 e. The first-order valence-corrected chi connectivity index (χ1v) is 5.70. The van der Waals surface area contributed by atoms with E-state index in [0.29, 0.717) is 16.0 Å². The molecule has 0 aliphatic rings. The van der Waals surface area contributed by atoms with Gasteiger partial charge in [0.2, 0.25) is 5.88 Å². The molecular weight excluding hydrogens is 287 g/mol. The highest BCUT2D eigenvalue weighted by molar-refractivity contribution is 9.10. The Labute approximate surface area is 107 Å². The Morgan fingerprint density at radius 3 is 2.76 bits per heavy atom. The minimum absolute atomic E-state index is 0.0938. The second kappa shape index (κ2) is 4.71. The van der Waals surface area contributed by atoms with E-state index in [1.54, 1.807) is 12.3 Å². The van der Waals surface area contributed by atoms with Gasteiger partial charge in [0.15, 0.2) is 11.6 Å². The van der Waals surface area contributed by atoms with Crippen LogP contribution >= 0.6 is 15.9 Å². The van der Waals surface area contributed by atoms with E-state index in [-0.39, 0.29) is 5.75 Å². The molecule has 1 heterocycles. The van der Waals surface area contributed by atoms with Gasteiger partial charge in [-0.15, -0.1) is 0 Å². The quantitative estimate of drug-likeness (QED) is 0.860. The van der Waals surface area contributed by atoms with Gasteiger partial charge >= 0.3 is 0 Å². The molecule has 5 heteroatoms. The molecule has 0 aliphatic carbocycles. The van der Waals surface area contributed by atoms with E-state index >= 15 is 0 Å². The molecule has 2 rings (SSSR count). The number of pyridine rings is 1. The largest absolute Gasteiger partial charge is 0.435 e. The molecule has 0 amide bonds. The van der Waals surface area contributed by atoms with E-state index in [1.165, 1.54) is 12.1 Å².